The van der Waals surface area contributed by atoms with Gasteiger partial charge in [0.05, 0.1) is 10.4 Å². The lowest BCUT2D eigenvalue weighted by molar-refractivity contribution is -0.120. The first-order valence-corrected chi connectivity index (χ1v) is 15.4. The van der Waals surface area contributed by atoms with Gasteiger partial charge in [0.1, 0.15) is 16.4 Å². The molecule has 0 saturated carbocycles. The molecule has 2 aromatic carbocycles. The van der Waals surface area contributed by atoms with Gasteiger partial charge in [-0.1, -0.05) is 61.8 Å². The molecule has 1 aliphatic heterocycles. The van der Waals surface area contributed by atoms with Gasteiger partial charge < -0.3 is 8.92 Å². The maximum atomic E-state index is 13.7. The molecule has 0 radical (unpaired) electrons. The first-order chi connectivity index (χ1) is 17.7. The molecule has 3 aliphatic rings. The largest absolute Gasteiger partial charge is 0.465 e. The lowest BCUT2D eigenvalue weighted by atomic mass is 9.65. The molecule has 200 valence electrons. The highest BCUT2D eigenvalue weighted by Crippen LogP contribution is 2.55. The van der Waals surface area contributed by atoms with E-state index >= 15 is 0 Å². The summed E-state index contributed by atoms with van der Waals surface area (Å²) >= 11 is 6.99. The number of halogens is 2. The number of hydrogen-bond acceptors (Lipinski definition) is 6. The van der Waals surface area contributed by atoms with Gasteiger partial charge in [0.2, 0.25) is 0 Å². The highest BCUT2D eigenvalue weighted by Gasteiger charge is 2.49. The lowest BCUT2D eigenvalue weighted by Gasteiger charge is -2.43. The molecule has 0 amide bonds. The van der Waals surface area contributed by atoms with E-state index in [1.54, 1.807) is 30.3 Å². The smallest absolute Gasteiger partial charge is 0.339 e. The fourth-order valence-corrected chi connectivity index (χ4v) is 8.05. The van der Waals surface area contributed by atoms with Crippen LogP contribution in [-0.2, 0) is 24.4 Å². The van der Waals surface area contributed by atoms with Crippen molar-refractivity contribution in [2.45, 2.75) is 64.2 Å². The van der Waals surface area contributed by atoms with Crippen LogP contribution in [0, 0.1) is 10.8 Å². The number of carbonyl (C=O) groups excluding carboxylic acids is 2. The number of ether oxygens (including phenoxy) is 1. The maximum absolute atomic E-state index is 13.7. The Morgan fingerprint density at radius 1 is 0.842 bits per heavy atom. The van der Waals surface area contributed by atoms with Crippen molar-refractivity contribution < 1.29 is 26.9 Å². The summed E-state index contributed by atoms with van der Waals surface area (Å²) in [6.45, 7) is 8.07. The minimum atomic E-state index is -4.21. The van der Waals surface area contributed by atoms with Gasteiger partial charge in [-0.05, 0) is 51.0 Å². The predicted molar refractivity (Wildman–Crippen MR) is 150 cm³/mol. The Labute approximate surface area is 239 Å². The van der Waals surface area contributed by atoms with Crippen LogP contribution >= 0.6 is 31.9 Å². The van der Waals surface area contributed by atoms with Crippen LogP contribution in [-0.4, -0.2) is 20.0 Å². The van der Waals surface area contributed by atoms with Crippen LogP contribution in [0.25, 0.3) is 0 Å². The summed E-state index contributed by atoms with van der Waals surface area (Å²) in [5.41, 5.74) is 0.613. The Kier molecular flexibility index (Phi) is 6.80. The summed E-state index contributed by atoms with van der Waals surface area (Å²) < 4.78 is 39.8. The number of carbonyl (C=O) groups is 2. The lowest BCUT2D eigenvalue weighted by Crippen LogP contribution is -2.37. The Hall–Kier alpha value is -2.23. The van der Waals surface area contributed by atoms with Crippen LogP contribution in [0.15, 0.2) is 79.0 Å². The zero-order valence-electron chi connectivity index (χ0n) is 21.6. The quantitative estimate of drug-likeness (QED) is 0.317. The third kappa shape index (κ3) is 5.05. The predicted octanol–water partition coefficient (Wildman–Crippen LogP) is 7.38. The van der Waals surface area contributed by atoms with Crippen molar-refractivity contribution in [3.8, 4) is 5.75 Å². The molecule has 0 saturated heterocycles. The van der Waals surface area contributed by atoms with Crippen molar-refractivity contribution in [2.24, 2.45) is 10.8 Å². The van der Waals surface area contributed by atoms with Crippen molar-refractivity contribution in [2.75, 3.05) is 0 Å². The van der Waals surface area contributed by atoms with E-state index in [1.807, 2.05) is 27.7 Å². The average Bonchev–Trinajstić information content (AvgIpc) is 2.78. The van der Waals surface area contributed by atoms with E-state index in [0.717, 1.165) is 0 Å². The summed E-state index contributed by atoms with van der Waals surface area (Å²) in [5.74, 6) is 0.104. The number of ketones is 2. The number of benzene rings is 2. The highest BCUT2D eigenvalue weighted by atomic mass is 79.9. The van der Waals surface area contributed by atoms with Gasteiger partial charge in [-0.15, -0.1) is 0 Å². The molecular weight excluding hydrogens is 636 g/mol. The van der Waals surface area contributed by atoms with Crippen LogP contribution in [0.3, 0.4) is 0 Å². The second-order valence-corrected chi connectivity index (χ2v) is 15.1. The van der Waals surface area contributed by atoms with Crippen molar-refractivity contribution in [1.82, 2.24) is 0 Å². The van der Waals surface area contributed by atoms with Crippen LogP contribution in [0.2, 0.25) is 0 Å². The van der Waals surface area contributed by atoms with Crippen molar-refractivity contribution in [3.63, 3.8) is 0 Å². The van der Waals surface area contributed by atoms with Gasteiger partial charge in [0, 0.05) is 46.9 Å². The maximum Gasteiger partial charge on any atom is 0.339 e. The Morgan fingerprint density at radius 2 is 1.37 bits per heavy atom. The van der Waals surface area contributed by atoms with E-state index in [1.165, 1.54) is 12.1 Å². The number of rotatable bonds is 4. The molecule has 0 aromatic heterocycles. The number of hydrogen-bond donors (Lipinski definition) is 0. The monoisotopic (exact) mass is 662 g/mol. The molecule has 6 nitrogen and oxygen atoms in total. The number of Topliss-reactive ketones (excluding diaryl/α,β-unsaturated/α-hetero) is 2. The molecule has 5 rings (SSSR count). The minimum absolute atomic E-state index is 0.00135. The van der Waals surface area contributed by atoms with Crippen molar-refractivity contribution in [1.29, 1.82) is 0 Å². The third-order valence-corrected chi connectivity index (χ3v) is 9.44. The van der Waals surface area contributed by atoms with Crippen LogP contribution in [0.4, 0.5) is 0 Å². The van der Waals surface area contributed by atoms with Crippen molar-refractivity contribution in [3.05, 3.63) is 79.6 Å². The SMILES string of the molecule is CC1(C)CC(=O)C2=C(C1)OC1=C(C(=O)CC(C)(C)C1)C2c1cc(Br)cc(Br)c1OS(=O)(=O)c1ccccc1. The minimum Gasteiger partial charge on any atom is -0.465 e. The molecule has 0 bridgehead atoms. The molecule has 0 unspecified atom stereocenters. The molecule has 9 heteroatoms. The van der Waals surface area contributed by atoms with Gasteiger partial charge >= 0.3 is 10.1 Å². The van der Waals surface area contributed by atoms with Gasteiger partial charge in [-0.3, -0.25) is 9.59 Å². The summed E-state index contributed by atoms with van der Waals surface area (Å²) in [4.78, 5) is 27.3. The first-order valence-electron chi connectivity index (χ1n) is 12.4. The first kappa shape index (κ1) is 27.3. The molecule has 0 N–H and O–H groups in total. The topological polar surface area (TPSA) is 86.7 Å². The molecule has 0 spiro atoms. The summed E-state index contributed by atoms with van der Waals surface area (Å²) in [5, 5.41) is 0. The van der Waals surface area contributed by atoms with Gasteiger partial charge in [-0.25, -0.2) is 0 Å². The summed E-state index contributed by atoms with van der Waals surface area (Å²) in [7, 11) is -4.21. The van der Waals surface area contributed by atoms with E-state index in [4.69, 9.17) is 8.92 Å². The van der Waals surface area contributed by atoms with Crippen molar-refractivity contribution >= 4 is 53.5 Å². The molecule has 2 aromatic rings. The van der Waals surface area contributed by atoms with Crippen LogP contribution < -0.4 is 4.18 Å². The Bertz CT molecular complexity index is 1480. The van der Waals surface area contributed by atoms with E-state index in [9.17, 15) is 18.0 Å². The van der Waals surface area contributed by atoms with Gasteiger partial charge in [0.25, 0.3) is 0 Å². The molecular formula is C29H28Br2O6S. The second-order valence-electron chi connectivity index (χ2n) is 11.7. The third-order valence-electron chi connectivity index (χ3n) is 7.15. The number of allylic oxidation sites excluding steroid dienone is 4. The average molecular weight is 664 g/mol. The zero-order chi connectivity index (χ0) is 27.6. The molecule has 1 heterocycles. The van der Waals surface area contributed by atoms with Gasteiger partial charge in [0.15, 0.2) is 17.3 Å². The van der Waals surface area contributed by atoms with E-state index in [0.29, 0.717) is 62.9 Å². The van der Waals surface area contributed by atoms with Crippen LogP contribution in [0.5, 0.6) is 5.75 Å². The fourth-order valence-electron chi connectivity index (χ4n) is 5.61. The zero-order valence-corrected chi connectivity index (χ0v) is 25.5. The molecule has 38 heavy (non-hydrogen) atoms. The van der Waals surface area contributed by atoms with E-state index in [-0.39, 0.29) is 33.0 Å². The van der Waals surface area contributed by atoms with E-state index in [2.05, 4.69) is 31.9 Å². The summed E-state index contributed by atoms with van der Waals surface area (Å²) in [6.07, 6.45) is 1.65. The highest BCUT2D eigenvalue weighted by molar-refractivity contribution is 9.11. The molecule has 0 atom stereocenters. The molecule has 0 fully saturated rings. The fraction of sp³-hybridized carbons (Fsp3) is 0.379. The van der Waals surface area contributed by atoms with Crippen LogP contribution in [0.1, 0.15) is 64.9 Å². The standard InChI is InChI=1S/C29H28Br2O6S/c1-28(2)12-20(32)25-22(14-28)36-23-15-29(3,4)13-21(33)26(23)24(25)18-10-16(30)11-19(31)27(18)37-38(34,35)17-8-6-5-7-9-17/h5-11,24H,12-15H2,1-4H3. The molecule has 2 aliphatic carbocycles. The second kappa shape index (κ2) is 9.45. The van der Waals surface area contributed by atoms with E-state index < -0.39 is 16.0 Å². The normalized spacial score (nSPS) is 21.1. The Balaban J connectivity index is 1.75. The Morgan fingerprint density at radius 3 is 1.89 bits per heavy atom. The van der Waals surface area contributed by atoms with Gasteiger partial charge in [-0.2, -0.15) is 8.42 Å². The summed E-state index contributed by atoms with van der Waals surface area (Å²) in [6, 6.07) is 11.3.